The highest BCUT2D eigenvalue weighted by atomic mass is 16.6. The predicted octanol–water partition coefficient (Wildman–Crippen LogP) is 1.65. The second-order valence-corrected chi connectivity index (χ2v) is 1.77. The molecule has 0 saturated carbocycles. The van der Waals surface area contributed by atoms with Crippen LogP contribution in [-0.2, 0) is 0 Å². The van der Waals surface area contributed by atoms with E-state index in [2.05, 4.69) is 4.99 Å². The minimum atomic E-state index is -0.602. The molecule has 1 aliphatic heterocycles. The number of nitro groups is 1. The lowest BCUT2D eigenvalue weighted by molar-refractivity contribution is -0.500. The molecule has 4 heteroatoms. The molecule has 0 radical (unpaired) electrons. The molecule has 0 fully saturated rings. The number of aliphatic imine (C=N–C) groups is 1. The van der Waals surface area contributed by atoms with Crippen LogP contribution in [0.25, 0.3) is 0 Å². The first-order chi connectivity index (χ1) is 5.30. The average molecular weight is 156 g/mol. The van der Waals surface area contributed by atoms with Crippen molar-refractivity contribution in [1.82, 2.24) is 0 Å². The summed E-state index contributed by atoms with van der Waals surface area (Å²) in [5, 5.41) is 10.0. The normalized spacial score (nSPS) is 20.4. The quantitative estimate of drug-likeness (QED) is 0.428. The molecule has 1 aliphatic rings. The van der Waals surface area contributed by atoms with Gasteiger partial charge in [-0.15, -0.1) is 0 Å². The van der Waals surface area contributed by atoms with Crippen molar-refractivity contribution >= 4 is 6.21 Å². The van der Waals surface area contributed by atoms with Gasteiger partial charge in [-0.25, -0.2) is 0 Å². The maximum absolute atomic E-state index is 10.0. The van der Waals surface area contributed by atoms with Gasteiger partial charge in [-0.3, -0.25) is 15.1 Å². The maximum atomic E-state index is 10.0. The van der Waals surface area contributed by atoms with Crippen LogP contribution in [0.3, 0.4) is 0 Å². The molecule has 62 valence electrons. The summed E-state index contributed by atoms with van der Waals surface area (Å²) in [6.07, 6.45) is 5.07. The lowest BCUT2D eigenvalue weighted by Gasteiger charge is -2.01. The van der Waals surface area contributed by atoms with Crippen LogP contribution in [0.1, 0.15) is 20.3 Å². The SMILES string of the molecule is CC.O=[N+]([O-])C1C=NC=CC1. The fraction of sp³-hybridized carbons (Fsp3) is 0.571. The van der Waals surface area contributed by atoms with Crippen LogP contribution in [0.15, 0.2) is 17.3 Å². The van der Waals surface area contributed by atoms with E-state index in [1.54, 1.807) is 12.3 Å². The Hall–Kier alpha value is -1.19. The van der Waals surface area contributed by atoms with Crippen LogP contribution in [0.4, 0.5) is 0 Å². The van der Waals surface area contributed by atoms with Crippen LogP contribution < -0.4 is 0 Å². The molecule has 0 spiro atoms. The Morgan fingerprint density at radius 2 is 2.27 bits per heavy atom. The number of hydrogen-bond donors (Lipinski definition) is 0. The topological polar surface area (TPSA) is 55.5 Å². The van der Waals surface area contributed by atoms with Crippen molar-refractivity contribution in [2.75, 3.05) is 0 Å². The van der Waals surface area contributed by atoms with Gasteiger partial charge in [0.25, 0.3) is 6.04 Å². The molecule has 0 aromatic heterocycles. The summed E-state index contributed by atoms with van der Waals surface area (Å²) in [5.74, 6) is 0. The first-order valence-corrected chi connectivity index (χ1v) is 3.62. The highest BCUT2D eigenvalue weighted by molar-refractivity contribution is 5.64. The van der Waals surface area contributed by atoms with Gasteiger partial charge in [0, 0.05) is 17.5 Å². The predicted molar refractivity (Wildman–Crippen MR) is 44.4 cm³/mol. The van der Waals surface area contributed by atoms with E-state index in [1.807, 2.05) is 13.8 Å². The maximum Gasteiger partial charge on any atom is 0.251 e. The minimum absolute atomic E-state index is 0.340. The van der Waals surface area contributed by atoms with Crippen LogP contribution in [-0.4, -0.2) is 17.2 Å². The van der Waals surface area contributed by atoms with E-state index in [-0.39, 0.29) is 4.92 Å². The number of hydrogen-bond acceptors (Lipinski definition) is 3. The van der Waals surface area contributed by atoms with Crippen molar-refractivity contribution in [2.24, 2.45) is 4.99 Å². The number of rotatable bonds is 1. The van der Waals surface area contributed by atoms with Crippen LogP contribution in [0.5, 0.6) is 0 Å². The van der Waals surface area contributed by atoms with Crippen LogP contribution in [0, 0.1) is 10.1 Å². The Morgan fingerprint density at radius 1 is 1.64 bits per heavy atom. The van der Waals surface area contributed by atoms with E-state index >= 15 is 0 Å². The van der Waals surface area contributed by atoms with Crippen molar-refractivity contribution < 1.29 is 4.92 Å². The summed E-state index contributed by atoms with van der Waals surface area (Å²) in [4.78, 5) is 13.3. The molecule has 1 heterocycles. The first kappa shape index (κ1) is 9.81. The van der Waals surface area contributed by atoms with Crippen LogP contribution >= 0.6 is 0 Å². The molecule has 0 N–H and O–H groups in total. The molecule has 0 aromatic rings. The summed E-state index contributed by atoms with van der Waals surface area (Å²) >= 11 is 0. The Kier molecular flexibility index (Phi) is 4.98. The van der Waals surface area contributed by atoms with Crippen molar-refractivity contribution in [3.63, 3.8) is 0 Å². The second-order valence-electron chi connectivity index (χ2n) is 1.77. The molecule has 0 aliphatic carbocycles. The Morgan fingerprint density at radius 3 is 2.55 bits per heavy atom. The van der Waals surface area contributed by atoms with E-state index in [4.69, 9.17) is 0 Å². The largest absolute Gasteiger partial charge is 0.264 e. The van der Waals surface area contributed by atoms with E-state index in [0.717, 1.165) is 0 Å². The summed E-state index contributed by atoms with van der Waals surface area (Å²) in [7, 11) is 0. The monoisotopic (exact) mass is 156 g/mol. The van der Waals surface area contributed by atoms with Crippen LogP contribution in [0.2, 0.25) is 0 Å². The number of nitrogens with zero attached hydrogens (tertiary/aromatic N) is 2. The zero-order chi connectivity index (χ0) is 8.69. The van der Waals surface area contributed by atoms with Gasteiger partial charge in [-0.1, -0.05) is 19.9 Å². The molecule has 0 amide bonds. The van der Waals surface area contributed by atoms with Gasteiger partial charge in [0.2, 0.25) is 0 Å². The molecule has 4 nitrogen and oxygen atoms in total. The Balaban J connectivity index is 0.000000461. The van der Waals surface area contributed by atoms with Crippen molar-refractivity contribution in [1.29, 1.82) is 0 Å². The third-order valence-electron chi connectivity index (χ3n) is 1.10. The second kappa shape index (κ2) is 5.58. The fourth-order valence-corrected chi connectivity index (χ4v) is 0.612. The zero-order valence-corrected chi connectivity index (χ0v) is 6.73. The van der Waals surface area contributed by atoms with Gasteiger partial charge in [-0.2, -0.15) is 0 Å². The van der Waals surface area contributed by atoms with E-state index in [1.165, 1.54) is 6.21 Å². The van der Waals surface area contributed by atoms with Gasteiger partial charge in [0.15, 0.2) is 0 Å². The van der Waals surface area contributed by atoms with E-state index in [9.17, 15) is 10.1 Å². The van der Waals surface area contributed by atoms with Gasteiger partial charge in [-0.05, 0) is 0 Å². The lowest BCUT2D eigenvalue weighted by atomic mass is 10.2. The molecule has 11 heavy (non-hydrogen) atoms. The van der Waals surface area contributed by atoms with Crippen molar-refractivity contribution in [3.8, 4) is 0 Å². The molecule has 1 unspecified atom stereocenters. The smallest absolute Gasteiger partial charge is 0.251 e. The molecular formula is C7H12N2O2. The molecule has 1 rings (SSSR count). The highest BCUT2D eigenvalue weighted by Crippen LogP contribution is 2.00. The standard InChI is InChI=1S/C5H6N2O2.C2H6/c8-7(9)5-2-1-3-6-4-5;1-2/h1,3-5H,2H2;1-2H3. The van der Waals surface area contributed by atoms with E-state index < -0.39 is 6.04 Å². The van der Waals surface area contributed by atoms with Gasteiger partial charge in [0.1, 0.15) is 0 Å². The lowest BCUT2D eigenvalue weighted by Crippen LogP contribution is -2.21. The van der Waals surface area contributed by atoms with Gasteiger partial charge >= 0.3 is 0 Å². The summed E-state index contributed by atoms with van der Waals surface area (Å²) in [6.45, 7) is 4.00. The fourth-order valence-electron chi connectivity index (χ4n) is 0.612. The van der Waals surface area contributed by atoms with Crippen molar-refractivity contribution in [2.45, 2.75) is 26.3 Å². The van der Waals surface area contributed by atoms with Crippen molar-refractivity contribution in [3.05, 3.63) is 22.4 Å². The third kappa shape index (κ3) is 3.50. The summed E-state index contributed by atoms with van der Waals surface area (Å²) in [5.41, 5.74) is 0. The molecule has 1 atom stereocenters. The average Bonchev–Trinajstić information content (AvgIpc) is 2.10. The molecule has 0 saturated heterocycles. The third-order valence-corrected chi connectivity index (χ3v) is 1.10. The summed E-state index contributed by atoms with van der Waals surface area (Å²) in [6, 6.07) is -0.602. The van der Waals surface area contributed by atoms with Gasteiger partial charge in [0.05, 0.1) is 6.21 Å². The van der Waals surface area contributed by atoms with E-state index in [0.29, 0.717) is 6.42 Å². The van der Waals surface area contributed by atoms with Gasteiger partial charge < -0.3 is 0 Å². The minimum Gasteiger partial charge on any atom is -0.264 e. The molecule has 0 aromatic carbocycles. The molecular weight excluding hydrogens is 144 g/mol. The zero-order valence-electron chi connectivity index (χ0n) is 6.73. The summed E-state index contributed by atoms with van der Waals surface area (Å²) < 4.78 is 0. The Bertz CT molecular complexity index is 175. The molecule has 0 bridgehead atoms. The first-order valence-electron chi connectivity index (χ1n) is 3.62. The Labute approximate surface area is 65.8 Å². The highest BCUT2D eigenvalue weighted by Gasteiger charge is 2.15.